The van der Waals surface area contributed by atoms with Gasteiger partial charge in [0.15, 0.2) is 5.82 Å². The Balaban J connectivity index is 1.39. The molecule has 2 aromatic carbocycles. The van der Waals surface area contributed by atoms with Crippen LogP contribution in [0, 0.1) is 4.77 Å². The topological polar surface area (TPSA) is 75.6 Å². The monoisotopic (exact) mass is 473 g/mol. The van der Waals surface area contributed by atoms with E-state index < -0.39 is 0 Å². The second-order valence-corrected chi connectivity index (χ2v) is 8.24. The Morgan fingerprint density at radius 2 is 1.69 bits per heavy atom. The lowest BCUT2D eigenvalue weighted by Gasteiger charge is -2.34. The number of piperazine rings is 1. The lowest BCUT2D eigenvalue weighted by atomic mass is 10.1. The highest BCUT2D eigenvalue weighted by atomic mass is 35.5. The van der Waals surface area contributed by atoms with E-state index in [-0.39, 0.29) is 5.91 Å². The average molecular weight is 474 g/mol. The molecule has 1 amide bonds. The number of H-pyrrole nitrogens is 1. The largest absolute Gasteiger partial charge is 0.497 e. The molecule has 0 aliphatic carbocycles. The Morgan fingerprint density at radius 1 is 1.06 bits per heavy atom. The Bertz CT molecular complexity index is 1130. The minimum atomic E-state index is -0.0370. The summed E-state index contributed by atoms with van der Waals surface area (Å²) in [6.07, 6.45) is 0. The number of carbonyl (C=O) groups is 1. The highest BCUT2D eigenvalue weighted by molar-refractivity contribution is 7.71. The normalized spacial score (nSPS) is 14.4. The summed E-state index contributed by atoms with van der Waals surface area (Å²) >= 11 is 11.4. The van der Waals surface area contributed by atoms with Crippen LogP contribution in [-0.2, 0) is 6.67 Å². The molecule has 0 atom stereocenters. The molecule has 1 saturated heterocycles. The van der Waals surface area contributed by atoms with Crippen LogP contribution in [0.4, 0.5) is 0 Å². The minimum Gasteiger partial charge on any atom is -0.497 e. The van der Waals surface area contributed by atoms with E-state index in [1.54, 1.807) is 32.4 Å². The van der Waals surface area contributed by atoms with Gasteiger partial charge >= 0.3 is 0 Å². The fourth-order valence-electron chi connectivity index (χ4n) is 3.60. The first kappa shape index (κ1) is 22.3. The molecule has 1 aliphatic heterocycles. The first-order chi connectivity index (χ1) is 15.5. The lowest BCUT2D eigenvalue weighted by molar-refractivity contribution is 0.0585. The smallest absolute Gasteiger partial charge is 0.254 e. The van der Waals surface area contributed by atoms with Crippen LogP contribution in [0.5, 0.6) is 11.5 Å². The predicted molar refractivity (Wildman–Crippen MR) is 125 cm³/mol. The van der Waals surface area contributed by atoms with E-state index in [2.05, 4.69) is 15.0 Å². The van der Waals surface area contributed by atoms with Crippen molar-refractivity contribution in [3.05, 3.63) is 57.8 Å². The van der Waals surface area contributed by atoms with Gasteiger partial charge in [0.2, 0.25) is 4.77 Å². The first-order valence-electron chi connectivity index (χ1n) is 10.1. The number of hydrogen-bond acceptors (Lipinski definition) is 6. The van der Waals surface area contributed by atoms with E-state index in [9.17, 15) is 4.79 Å². The van der Waals surface area contributed by atoms with Crippen LogP contribution >= 0.6 is 23.8 Å². The maximum atomic E-state index is 13.0. The van der Waals surface area contributed by atoms with Crippen LogP contribution in [-0.4, -0.2) is 70.9 Å². The van der Waals surface area contributed by atoms with Crippen molar-refractivity contribution in [2.75, 3.05) is 40.4 Å². The van der Waals surface area contributed by atoms with E-state index in [1.165, 1.54) is 0 Å². The number of methoxy groups -OCH3 is 2. The molecule has 1 N–H and O–H groups in total. The molecule has 168 valence electrons. The third-order valence-electron chi connectivity index (χ3n) is 5.40. The molecule has 32 heavy (non-hydrogen) atoms. The van der Waals surface area contributed by atoms with Gasteiger partial charge < -0.3 is 14.4 Å². The molecule has 4 rings (SSSR count). The number of amides is 1. The van der Waals surface area contributed by atoms with E-state index >= 15 is 0 Å². The van der Waals surface area contributed by atoms with Gasteiger partial charge in [-0.2, -0.15) is 4.98 Å². The Morgan fingerprint density at radius 3 is 2.28 bits per heavy atom. The summed E-state index contributed by atoms with van der Waals surface area (Å²) in [5.41, 5.74) is 1.47. The van der Waals surface area contributed by atoms with Crippen molar-refractivity contribution in [1.29, 1.82) is 0 Å². The number of halogens is 1. The van der Waals surface area contributed by atoms with Crippen LogP contribution in [0.15, 0.2) is 42.5 Å². The summed E-state index contributed by atoms with van der Waals surface area (Å²) in [7, 11) is 3.14. The van der Waals surface area contributed by atoms with Crippen molar-refractivity contribution in [3.63, 3.8) is 0 Å². The summed E-state index contributed by atoms with van der Waals surface area (Å²) < 4.78 is 12.9. The number of aromatic nitrogens is 3. The molecule has 1 fully saturated rings. The van der Waals surface area contributed by atoms with Crippen molar-refractivity contribution < 1.29 is 14.3 Å². The molecule has 0 radical (unpaired) electrons. The summed E-state index contributed by atoms with van der Waals surface area (Å²) in [4.78, 5) is 21.5. The van der Waals surface area contributed by atoms with Crippen molar-refractivity contribution in [3.8, 4) is 22.9 Å². The van der Waals surface area contributed by atoms with Gasteiger partial charge in [-0.05, 0) is 48.6 Å². The predicted octanol–water partition coefficient (Wildman–Crippen LogP) is 3.69. The Kier molecular flexibility index (Phi) is 6.78. The van der Waals surface area contributed by atoms with E-state index in [1.807, 2.05) is 33.8 Å². The third-order valence-corrected chi connectivity index (χ3v) is 5.96. The molecule has 0 bridgehead atoms. The molecule has 0 unspecified atom stereocenters. The van der Waals surface area contributed by atoms with Crippen molar-refractivity contribution in [2.24, 2.45) is 0 Å². The summed E-state index contributed by atoms with van der Waals surface area (Å²) in [5, 5.41) is 3.93. The van der Waals surface area contributed by atoms with Gasteiger partial charge in [-0.15, -0.1) is 0 Å². The minimum absolute atomic E-state index is 0.0370. The molecule has 1 aromatic heterocycles. The molecular formula is C22H24ClN5O3S. The molecule has 0 saturated carbocycles. The number of carbonyl (C=O) groups excluding carboxylic acids is 1. The highest BCUT2D eigenvalue weighted by Crippen LogP contribution is 2.24. The van der Waals surface area contributed by atoms with Crippen LogP contribution in [0.2, 0.25) is 5.02 Å². The molecule has 1 aliphatic rings. The Labute approximate surface area is 196 Å². The second kappa shape index (κ2) is 9.72. The molecule has 3 aromatic rings. The first-order valence-corrected chi connectivity index (χ1v) is 10.9. The number of nitrogens with one attached hydrogen (secondary N) is 1. The number of benzene rings is 2. The summed E-state index contributed by atoms with van der Waals surface area (Å²) in [5.74, 6) is 1.85. The van der Waals surface area contributed by atoms with Crippen molar-refractivity contribution >= 4 is 29.7 Å². The molecule has 10 heteroatoms. The van der Waals surface area contributed by atoms with Crippen LogP contribution in [0.3, 0.4) is 0 Å². The van der Waals surface area contributed by atoms with Gasteiger partial charge in [0, 0.05) is 48.4 Å². The van der Waals surface area contributed by atoms with Gasteiger partial charge in [-0.3, -0.25) is 14.8 Å². The maximum Gasteiger partial charge on any atom is 0.254 e. The van der Waals surface area contributed by atoms with Gasteiger partial charge in [-0.25, -0.2) is 4.68 Å². The number of aromatic amines is 1. The second-order valence-electron chi connectivity index (χ2n) is 7.44. The lowest BCUT2D eigenvalue weighted by Crippen LogP contribution is -2.49. The quantitative estimate of drug-likeness (QED) is 0.550. The fourth-order valence-corrected chi connectivity index (χ4v) is 3.92. The number of hydrogen-bond donors (Lipinski definition) is 1. The molecular weight excluding hydrogens is 450 g/mol. The van der Waals surface area contributed by atoms with Crippen molar-refractivity contribution in [1.82, 2.24) is 24.6 Å². The average Bonchev–Trinajstić information content (AvgIpc) is 3.19. The Hall–Kier alpha value is -2.88. The molecule has 2 heterocycles. The SMILES string of the molecule is COc1cc(OC)cc(C(=O)N2CCN(Cn3[nH]c(-c4ccc(Cl)cc4)nc3=S)CC2)c1. The number of nitrogens with zero attached hydrogens (tertiary/aromatic N) is 4. The summed E-state index contributed by atoms with van der Waals surface area (Å²) in [6, 6.07) is 12.7. The third kappa shape index (κ3) is 4.95. The van der Waals surface area contributed by atoms with Gasteiger partial charge in [0.05, 0.1) is 20.9 Å². The van der Waals surface area contributed by atoms with E-state index in [0.717, 1.165) is 18.7 Å². The zero-order valence-electron chi connectivity index (χ0n) is 17.9. The standard InChI is InChI=1S/C22H24ClN5O3S/c1-30-18-11-16(12-19(13-18)31-2)21(29)27-9-7-26(8-10-27)14-28-22(32)24-20(25-28)15-3-5-17(23)6-4-15/h3-6,11-13H,7-10,14H2,1-2H3,(H,24,25,32). The van der Waals surface area contributed by atoms with Gasteiger partial charge in [0.1, 0.15) is 11.5 Å². The zero-order valence-corrected chi connectivity index (χ0v) is 19.4. The van der Waals surface area contributed by atoms with E-state index in [4.69, 9.17) is 33.3 Å². The number of ether oxygens (including phenoxy) is 2. The van der Waals surface area contributed by atoms with Crippen LogP contribution in [0.25, 0.3) is 11.4 Å². The molecule has 0 spiro atoms. The molecule has 8 nitrogen and oxygen atoms in total. The van der Waals surface area contributed by atoms with E-state index in [0.29, 0.717) is 52.4 Å². The summed E-state index contributed by atoms with van der Waals surface area (Å²) in [6.45, 7) is 3.26. The maximum absolute atomic E-state index is 13.0. The number of rotatable bonds is 6. The fraction of sp³-hybridized carbons (Fsp3) is 0.318. The van der Waals surface area contributed by atoms with Gasteiger partial charge in [-0.1, -0.05) is 11.6 Å². The van der Waals surface area contributed by atoms with Gasteiger partial charge in [0.25, 0.3) is 5.91 Å². The van der Waals surface area contributed by atoms with Crippen LogP contribution < -0.4 is 9.47 Å². The highest BCUT2D eigenvalue weighted by Gasteiger charge is 2.23. The van der Waals surface area contributed by atoms with Crippen LogP contribution in [0.1, 0.15) is 10.4 Å². The zero-order chi connectivity index (χ0) is 22.7. The van der Waals surface area contributed by atoms with Crippen molar-refractivity contribution in [2.45, 2.75) is 6.67 Å².